The second kappa shape index (κ2) is 41.1. The van der Waals surface area contributed by atoms with E-state index in [0.717, 1.165) is 44.9 Å². The number of nitrogens with two attached hydrogens (primary N) is 1. The molecule has 0 aromatic rings. The fourth-order valence-electron chi connectivity index (χ4n) is 7.27. The highest BCUT2D eigenvalue weighted by atomic mass is 31.2. The maximum absolute atomic E-state index is 12.7. The first-order chi connectivity index (χ1) is 30.6. The van der Waals surface area contributed by atoms with Crippen molar-refractivity contribution in [1.29, 1.82) is 0 Å². The number of phosphoric ester groups is 1. The molecule has 0 saturated carbocycles. The van der Waals surface area contributed by atoms with E-state index in [1.165, 1.54) is 128 Å². The van der Waals surface area contributed by atoms with Crippen LogP contribution in [0.25, 0.3) is 0 Å². The Balaban J connectivity index is 2.25. The average Bonchev–Trinajstić information content (AvgIpc) is 4.02. The van der Waals surface area contributed by atoms with Crippen LogP contribution in [0, 0.1) is 0 Å². The average molecular weight is 912 g/mol. The van der Waals surface area contributed by atoms with Crippen molar-refractivity contribution in [1.82, 2.24) is 0 Å². The highest BCUT2D eigenvalue weighted by molar-refractivity contribution is 7.47. The monoisotopic (exact) mass is 912 g/mol. The SMILES string of the molecule is CCCCC/C=C\C/C=C\C/C=C\CC1OC1CCCC(=O)O[C@H](COC(=O)CCCCCCCCCCCCCCCCCCCCCCC)COP(=O)(O)OC[C@H](N)C(=O)O. The maximum Gasteiger partial charge on any atom is 0.472 e. The van der Waals surface area contributed by atoms with Gasteiger partial charge in [-0.1, -0.05) is 192 Å². The van der Waals surface area contributed by atoms with Gasteiger partial charge in [0.05, 0.1) is 25.4 Å². The standard InChI is InChI=1S/C50H90NO11P/c1-3-5-7-9-11-13-15-17-18-19-20-21-22-23-24-25-27-29-31-33-35-39-48(52)58-41-44(42-59-63(56,57)60-43-45(51)50(54)55)61-49(53)40-36-38-47-46(62-47)37-34-32-30-28-26-16-14-12-10-8-6-4-2/h12,14,26,28,32,34,44-47H,3-11,13,15-25,27,29-31,33,35-43,51H2,1-2H3,(H,54,55)(H,56,57)/b14-12-,28-26-,34-32-/t44-,45+,46?,47?/m1/s1. The lowest BCUT2D eigenvalue weighted by atomic mass is 10.0. The molecule has 0 amide bonds. The topological polar surface area (TPSA) is 184 Å². The Kier molecular flexibility index (Phi) is 38.3. The number of phosphoric acid groups is 1. The minimum Gasteiger partial charge on any atom is -0.480 e. The molecule has 5 atom stereocenters. The smallest absolute Gasteiger partial charge is 0.472 e. The zero-order chi connectivity index (χ0) is 46.1. The first kappa shape index (κ1) is 58.7. The molecule has 4 N–H and O–H groups in total. The molecule has 0 aromatic carbocycles. The second-order valence-electron chi connectivity index (χ2n) is 17.3. The van der Waals surface area contributed by atoms with Crippen LogP contribution in [-0.4, -0.2) is 72.1 Å². The van der Waals surface area contributed by atoms with Crippen LogP contribution in [0.15, 0.2) is 36.5 Å². The number of rotatable bonds is 46. The summed E-state index contributed by atoms with van der Waals surface area (Å²) in [4.78, 5) is 46.3. The highest BCUT2D eigenvalue weighted by Crippen LogP contribution is 2.43. The van der Waals surface area contributed by atoms with Gasteiger partial charge in [-0.25, -0.2) is 4.57 Å². The summed E-state index contributed by atoms with van der Waals surface area (Å²) < 4.78 is 38.6. The van der Waals surface area contributed by atoms with Gasteiger partial charge >= 0.3 is 25.7 Å². The summed E-state index contributed by atoms with van der Waals surface area (Å²) in [7, 11) is -4.74. The van der Waals surface area contributed by atoms with Crippen molar-refractivity contribution >= 4 is 25.7 Å². The molecule has 0 aliphatic carbocycles. The van der Waals surface area contributed by atoms with Crippen molar-refractivity contribution in [2.24, 2.45) is 5.73 Å². The van der Waals surface area contributed by atoms with Crippen LogP contribution in [0.5, 0.6) is 0 Å². The number of hydrogen-bond acceptors (Lipinski definition) is 10. The molecule has 1 heterocycles. The molecule has 1 aliphatic heterocycles. The van der Waals surface area contributed by atoms with E-state index < -0.39 is 51.1 Å². The van der Waals surface area contributed by atoms with Crippen molar-refractivity contribution in [2.45, 2.75) is 244 Å². The summed E-state index contributed by atoms with van der Waals surface area (Å²) in [5.74, 6) is -2.45. The molecule has 1 saturated heterocycles. The number of carbonyl (C=O) groups is 3. The molecule has 13 heteroatoms. The molecule has 12 nitrogen and oxygen atoms in total. The van der Waals surface area contributed by atoms with Crippen LogP contribution >= 0.6 is 7.82 Å². The predicted molar refractivity (Wildman–Crippen MR) is 253 cm³/mol. The molecule has 1 aliphatic rings. The maximum atomic E-state index is 12.7. The number of unbranched alkanes of at least 4 members (excludes halogenated alkanes) is 23. The van der Waals surface area contributed by atoms with Crippen LogP contribution in [-0.2, 0) is 42.2 Å². The first-order valence-corrected chi connectivity index (χ1v) is 26.6. The lowest BCUT2D eigenvalue weighted by molar-refractivity contribution is -0.161. The van der Waals surface area contributed by atoms with Gasteiger partial charge < -0.3 is 29.9 Å². The molecule has 366 valence electrons. The number of ether oxygens (including phenoxy) is 3. The molecule has 1 rings (SSSR count). The van der Waals surface area contributed by atoms with Crippen LogP contribution < -0.4 is 5.73 Å². The third-order valence-corrected chi connectivity index (χ3v) is 12.3. The number of allylic oxidation sites excluding steroid dienone is 5. The van der Waals surface area contributed by atoms with Gasteiger partial charge in [0.15, 0.2) is 6.10 Å². The van der Waals surface area contributed by atoms with Crippen LogP contribution in [0.3, 0.4) is 0 Å². The number of carbonyl (C=O) groups excluding carboxylic acids is 2. The quantitative estimate of drug-likeness (QED) is 0.0173. The van der Waals surface area contributed by atoms with E-state index >= 15 is 0 Å². The van der Waals surface area contributed by atoms with Gasteiger partial charge in [0.1, 0.15) is 12.6 Å². The molecule has 63 heavy (non-hydrogen) atoms. The van der Waals surface area contributed by atoms with Crippen molar-refractivity contribution in [3.8, 4) is 0 Å². The Labute approximate surface area is 382 Å². The van der Waals surface area contributed by atoms with Crippen molar-refractivity contribution in [3.63, 3.8) is 0 Å². The van der Waals surface area contributed by atoms with E-state index in [0.29, 0.717) is 19.3 Å². The van der Waals surface area contributed by atoms with Gasteiger partial charge in [0.2, 0.25) is 0 Å². The van der Waals surface area contributed by atoms with Gasteiger partial charge in [-0.05, 0) is 51.4 Å². The van der Waals surface area contributed by atoms with Crippen molar-refractivity contribution in [2.75, 3.05) is 19.8 Å². The van der Waals surface area contributed by atoms with Crippen molar-refractivity contribution < 1.29 is 52.2 Å². The number of carboxylic acids is 1. The fourth-order valence-corrected chi connectivity index (χ4v) is 8.05. The van der Waals surface area contributed by atoms with Crippen LogP contribution in [0.1, 0.15) is 219 Å². The summed E-state index contributed by atoms with van der Waals surface area (Å²) in [5.41, 5.74) is 5.35. The van der Waals surface area contributed by atoms with E-state index in [1.807, 2.05) is 0 Å². The van der Waals surface area contributed by atoms with Crippen molar-refractivity contribution in [3.05, 3.63) is 36.5 Å². The highest BCUT2D eigenvalue weighted by Gasteiger charge is 2.37. The number of epoxide rings is 1. The number of carboxylic acid groups (broad SMARTS) is 1. The Morgan fingerprint density at radius 1 is 0.587 bits per heavy atom. The molecule has 1 fully saturated rings. The van der Waals surface area contributed by atoms with E-state index in [2.05, 4.69) is 54.8 Å². The Morgan fingerprint density at radius 3 is 1.59 bits per heavy atom. The van der Waals surface area contributed by atoms with E-state index in [1.54, 1.807) is 0 Å². The minimum absolute atomic E-state index is 0.0734. The van der Waals surface area contributed by atoms with Crippen LogP contribution in [0.4, 0.5) is 0 Å². The number of hydrogen-bond donors (Lipinski definition) is 3. The summed E-state index contributed by atoms with van der Waals surface area (Å²) in [6.45, 7) is 2.73. The molecule has 0 radical (unpaired) electrons. The lowest BCUT2D eigenvalue weighted by Crippen LogP contribution is -2.34. The zero-order valence-electron chi connectivity index (χ0n) is 39.6. The van der Waals surface area contributed by atoms with E-state index in [9.17, 15) is 23.8 Å². The molecule has 0 aromatic heterocycles. The summed E-state index contributed by atoms with van der Waals surface area (Å²) in [5, 5.41) is 8.92. The zero-order valence-corrected chi connectivity index (χ0v) is 40.5. The second-order valence-corrected chi connectivity index (χ2v) is 18.8. The lowest BCUT2D eigenvalue weighted by Gasteiger charge is -2.20. The molecular formula is C50H90NO11P. The van der Waals surface area contributed by atoms with Gasteiger partial charge in [0.25, 0.3) is 0 Å². The molecular weight excluding hydrogens is 822 g/mol. The van der Waals surface area contributed by atoms with Gasteiger partial charge in [-0.15, -0.1) is 0 Å². The first-order valence-electron chi connectivity index (χ1n) is 25.1. The molecule has 0 spiro atoms. The van der Waals surface area contributed by atoms with Gasteiger partial charge in [0, 0.05) is 12.8 Å². The third-order valence-electron chi connectivity index (χ3n) is 11.3. The third kappa shape index (κ3) is 38.6. The predicted octanol–water partition coefficient (Wildman–Crippen LogP) is 12.9. The van der Waals surface area contributed by atoms with E-state index in [-0.39, 0.29) is 31.7 Å². The number of esters is 2. The number of aliphatic carboxylic acids is 1. The molecule has 3 unspecified atom stereocenters. The minimum atomic E-state index is -4.74. The summed E-state index contributed by atoms with van der Waals surface area (Å²) >= 11 is 0. The summed E-state index contributed by atoms with van der Waals surface area (Å²) in [6.07, 6.45) is 48.0. The Bertz CT molecular complexity index is 1270. The van der Waals surface area contributed by atoms with Crippen LogP contribution in [0.2, 0.25) is 0 Å². The van der Waals surface area contributed by atoms with E-state index in [4.69, 9.17) is 29.6 Å². The fraction of sp³-hybridized carbons (Fsp3) is 0.820. The normalized spacial score (nSPS) is 17.1. The molecule has 0 bridgehead atoms. The summed E-state index contributed by atoms with van der Waals surface area (Å²) in [6, 6.07) is -1.53. The largest absolute Gasteiger partial charge is 0.480 e. The van der Waals surface area contributed by atoms with Gasteiger partial charge in [-0.2, -0.15) is 0 Å². The Morgan fingerprint density at radius 2 is 1.05 bits per heavy atom. The van der Waals surface area contributed by atoms with Gasteiger partial charge in [-0.3, -0.25) is 23.4 Å². The Hall–Kier alpha value is -2.34.